The highest BCUT2D eigenvalue weighted by atomic mass is 19.1. The lowest BCUT2D eigenvalue weighted by Crippen LogP contribution is -2.50. The summed E-state index contributed by atoms with van der Waals surface area (Å²) in [6.45, 7) is 3.57. The van der Waals surface area contributed by atoms with Crippen LogP contribution in [0.15, 0.2) is 42.5 Å². The molecule has 2 aliphatic heterocycles. The van der Waals surface area contributed by atoms with Crippen LogP contribution in [-0.2, 0) is 11.2 Å². The number of nitrogens with one attached hydrogen (secondary N) is 1. The van der Waals surface area contributed by atoms with Crippen LogP contribution in [0.1, 0.15) is 12.0 Å². The highest BCUT2D eigenvalue weighted by Crippen LogP contribution is 2.30. The fraction of sp³-hybridized carbons (Fsp3) is 0.435. The van der Waals surface area contributed by atoms with Gasteiger partial charge in [-0.2, -0.15) is 0 Å². The Kier molecular flexibility index (Phi) is 6.08. The molecular weight excluding hydrogens is 383 g/mol. The van der Waals surface area contributed by atoms with E-state index in [0.717, 1.165) is 43.2 Å². The Hall–Kier alpha value is -2.80. The number of halogens is 1. The zero-order valence-electron chi connectivity index (χ0n) is 17.3. The van der Waals surface area contributed by atoms with E-state index in [0.29, 0.717) is 19.5 Å². The van der Waals surface area contributed by atoms with Gasteiger partial charge in [0.1, 0.15) is 11.6 Å². The minimum Gasteiger partial charge on any atom is -0.497 e. The predicted octanol–water partition coefficient (Wildman–Crippen LogP) is 2.48. The van der Waals surface area contributed by atoms with Crippen LogP contribution >= 0.6 is 0 Å². The van der Waals surface area contributed by atoms with E-state index in [1.54, 1.807) is 19.2 Å². The maximum absolute atomic E-state index is 13.1. The molecular formula is C23H29FN4O2. The van der Waals surface area contributed by atoms with Crippen LogP contribution in [0.25, 0.3) is 0 Å². The molecule has 2 aromatic carbocycles. The number of anilines is 2. The monoisotopic (exact) mass is 412 g/mol. The second-order valence-corrected chi connectivity index (χ2v) is 8.08. The number of piperazine rings is 1. The number of benzene rings is 2. The van der Waals surface area contributed by atoms with Crippen molar-refractivity contribution in [2.24, 2.45) is 11.7 Å². The quantitative estimate of drug-likeness (QED) is 0.790. The van der Waals surface area contributed by atoms with Gasteiger partial charge in [0.15, 0.2) is 0 Å². The van der Waals surface area contributed by atoms with Crippen molar-refractivity contribution in [2.75, 3.05) is 50.1 Å². The standard InChI is InChI=1S/C23H29FN4O2/c1-30-20-6-7-22-16(13-20)12-17(15-26-22)21(25)14-23(29)28-10-8-27(9-11-28)19-4-2-18(24)3-5-19/h2-7,13,17,21,26H,8-12,14-15,25H2,1H3. The third-order valence-electron chi connectivity index (χ3n) is 6.19. The minimum absolute atomic E-state index is 0.109. The molecule has 0 bridgehead atoms. The third-order valence-corrected chi connectivity index (χ3v) is 6.19. The number of carbonyl (C=O) groups is 1. The highest BCUT2D eigenvalue weighted by Gasteiger charge is 2.28. The summed E-state index contributed by atoms with van der Waals surface area (Å²) in [5.74, 6) is 0.909. The number of nitrogens with two attached hydrogens (primary N) is 1. The van der Waals surface area contributed by atoms with Gasteiger partial charge >= 0.3 is 0 Å². The van der Waals surface area contributed by atoms with Crippen molar-refractivity contribution in [1.29, 1.82) is 0 Å². The molecule has 0 aliphatic carbocycles. The molecule has 1 saturated heterocycles. The molecule has 2 heterocycles. The van der Waals surface area contributed by atoms with Gasteiger partial charge in [0.25, 0.3) is 0 Å². The lowest BCUT2D eigenvalue weighted by atomic mass is 9.87. The van der Waals surface area contributed by atoms with Crippen molar-refractivity contribution in [1.82, 2.24) is 4.90 Å². The maximum atomic E-state index is 13.1. The van der Waals surface area contributed by atoms with E-state index in [-0.39, 0.29) is 23.7 Å². The number of hydrogen-bond donors (Lipinski definition) is 2. The Bertz CT molecular complexity index is 881. The molecule has 0 saturated carbocycles. The van der Waals surface area contributed by atoms with Gasteiger partial charge < -0.3 is 25.6 Å². The average molecular weight is 413 g/mol. The molecule has 7 heteroatoms. The first-order valence-electron chi connectivity index (χ1n) is 10.5. The number of fused-ring (bicyclic) bond motifs is 1. The molecule has 2 aromatic rings. The molecule has 6 nitrogen and oxygen atoms in total. The summed E-state index contributed by atoms with van der Waals surface area (Å²) in [6, 6.07) is 12.3. The number of nitrogens with zero attached hydrogens (tertiary/aromatic N) is 2. The summed E-state index contributed by atoms with van der Waals surface area (Å²) in [4.78, 5) is 16.9. The molecule has 0 spiro atoms. The first kappa shape index (κ1) is 20.5. The van der Waals surface area contributed by atoms with Gasteiger partial charge in [0, 0.05) is 56.6 Å². The summed E-state index contributed by atoms with van der Waals surface area (Å²) < 4.78 is 18.4. The van der Waals surface area contributed by atoms with Crippen LogP contribution in [0.2, 0.25) is 0 Å². The fourth-order valence-corrected chi connectivity index (χ4v) is 4.30. The number of ether oxygens (including phenoxy) is 1. The smallest absolute Gasteiger partial charge is 0.224 e. The van der Waals surface area contributed by atoms with Crippen molar-refractivity contribution >= 4 is 17.3 Å². The second-order valence-electron chi connectivity index (χ2n) is 8.08. The topological polar surface area (TPSA) is 70.8 Å². The predicted molar refractivity (Wildman–Crippen MR) is 116 cm³/mol. The van der Waals surface area contributed by atoms with Gasteiger partial charge in [-0.1, -0.05) is 0 Å². The first-order valence-corrected chi connectivity index (χ1v) is 10.5. The molecule has 160 valence electrons. The largest absolute Gasteiger partial charge is 0.497 e. The van der Waals surface area contributed by atoms with Crippen molar-refractivity contribution in [2.45, 2.75) is 18.9 Å². The van der Waals surface area contributed by atoms with E-state index in [4.69, 9.17) is 10.5 Å². The summed E-state index contributed by atoms with van der Waals surface area (Å²) in [5, 5.41) is 3.43. The van der Waals surface area contributed by atoms with Crippen LogP contribution in [0.3, 0.4) is 0 Å². The van der Waals surface area contributed by atoms with E-state index in [1.165, 1.54) is 17.7 Å². The molecule has 1 fully saturated rings. The Balaban J connectivity index is 1.29. The number of carbonyl (C=O) groups excluding carboxylic acids is 1. The Labute approximate surface area is 176 Å². The Morgan fingerprint density at radius 2 is 1.93 bits per heavy atom. The SMILES string of the molecule is COc1ccc2c(c1)CC(C(N)CC(=O)N1CCN(c3ccc(F)cc3)CC1)CN2. The van der Waals surface area contributed by atoms with Gasteiger partial charge in [-0.3, -0.25) is 4.79 Å². The highest BCUT2D eigenvalue weighted by molar-refractivity contribution is 5.77. The van der Waals surface area contributed by atoms with Crippen molar-refractivity contribution in [3.05, 3.63) is 53.8 Å². The number of rotatable bonds is 5. The van der Waals surface area contributed by atoms with Crippen molar-refractivity contribution in [3.8, 4) is 5.75 Å². The van der Waals surface area contributed by atoms with Gasteiger partial charge in [0.05, 0.1) is 7.11 Å². The zero-order chi connectivity index (χ0) is 21.1. The number of hydrogen-bond acceptors (Lipinski definition) is 5. The molecule has 0 radical (unpaired) electrons. The second kappa shape index (κ2) is 8.92. The lowest BCUT2D eigenvalue weighted by molar-refractivity contribution is -0.132. The zero-order valence-corrected chi connectivity index (χ0v) is 17.3. The van der Waals surface area contributed by atoms with E-state index >= 15 is 0 Å². The van der Waals surface area contributed by atoms with Crippen molar-refractivity contribution < 1.29 is 13.9 Å². The Morgan fingerprint density at radius 1 is 1.20 bits per heavy atom. The summed E-state index contributed by atoms with van der Waals surface area (Å²) >= 11 is 0. The maximum Gasteiger partial charge on any atom is 0.224 e. The average Bonchev–Trinajstić information content (AvgIpc) is 2.78. The first-order chi connectivity index (χ1) is 14.5. The molecule has 4 rings (SSSR count). The van der Waals surface area contributed by atoms with E-state index < -0.39 is 0 Å². The van der Waals surface area contributed by atoms with Gasteiger partial charge in [-0.15, -0.1) is 0 Å². The molecule has 2 aliphatic rings. The molecule has 2 unspecified atom stereocenters. The molecule has 3 N–H and O–H groups in total. The van der Waals surface area contributed by atoms with E-state index in [9.17, 15) is 9.18 Å². The van der Waals surface area contributed by atoms with Crippen LogP contribution in [0.5, 0.6) is 5.75 Å². The normalized spacial score (nSPS) is 19.6. The molecule has 0 aromatic heterocycles. The van der Waals surface area contributed by atoms with E-state index in [1.807, 2.05) is 23.1 Å². The van der Waals surface area contributed by atoms with Crippen LogP contribution in [0, 0.1) is 11.7 Å². The lowest BCUT2D eigenvalue weighted by Gasteiger charge is -2.37. The molecule has 30 heavy (non-hydrogen) atoms. The summed E-state index contributed by atoms with van der Waals surface area (Å²) in [5.41, 5.74) is 9.74. The molecule has 1 amide bonds. The summed E-state index contributed by atoms with van der Waals surface area (Å²) in [6.07, 6.45) is 1.19. The van der Waals surface area contributed by atoms with Crippen molar-refractivity contribution in [3.63, 3.8) is 0 Å². The number of amides is 1. The minimum atomic E-state index is -0.236. The number of methoxy groups -OCH3 is 1. The van der Waals surface area contributed by atoms with E-state index in [2.05, 4.69) is 10.2 Å². The van der Waals surface area contributed by atoms with Crippen LogP contribution in [0.4, 0.5) is 15.8 Å². The molecule has 2 atom stereocenters. The van der Waals surface area contributed by atoms with Gasteiger partial charge in [-0.25, -0.2) is 4.39 Å². The van der Waals surface area contributed by atoms with Crippen LogP contribution < -0.4 is 20.7 Å². The summed E-state index contributed by atoms with van der Waals surface area (Å²) in [7, 11) is 1.66. The fourth-order valence-electron chi connectivity index (χ4n) is 4.30. The Morgan fingerprint density at radius 3 is 2.63 bits per heavy atom. The van der Waals surface area contributed by atoms with Gasteiger partial charge in [-0.05, 0) is 60.4 Å². The van der Waals surface area contributed by atoms with Crippen LogP contribution in [-0.4, -0.2) is 56.7 Å². The van der Waals surface area contributed by atoms with Gasteiger partial charge in [0.2, 0.25) is 5.91 Å². The third kappa shape index (κ3) is 4.51.